The zero-order valence-corrected chi connectivity index (χ0v) is 16.9. The molecule has 0 spiro atoms. The van der Waals surface area contributed by atoms with Gasteiger partial charge in [-0.1, -0.05) is 42.5 Å². The number of carbonyl (C=O) groups excluding carboxylic acids is 1. The van der Waals surface area contributed by atoms with Crippen molar-refractivity contribution in [1.29, 1.82) is 0 Å². The maximum absolute atomic E-state index is 13.3. The summed E-state index contributed by atoms with van der Waals surface area (Å²) in [5.41, 5.74) is 5.40. The first-order chi connectivity index (χ1) is 14.3. The first-order valence-electron chi connectivity index (χ1n) is 9.04. The number of aromatic nitrogens is 1. The molecule has 0 unspecified atom stereocenters. The summed E-state index contributed by atoms with van der Waals surface area (Å²) in [7, 11) is 0. The Hall–Kier alpha value is -3.22. The lowest BCUT2D eigenvalue weighted by Gasteiger charge is -2.15. The normalized spacial score (nSPS) is 17.0. The van der Waals surface area contributed by atoms with Gasteiger partial charge in [-0.25, -0.2) is 9.98 Å². The smallest absolute Gasteiger partial charge is 0.268 e. The van der Waals surface area contributed by atoms with E-state index in [9.17, 15) is 4.79 Å². The van der Waals surface area contributed by atoms with E-state index in [0.717, 1.165) is 27.2 Å². The van der Waals surface area contributed by atoms with Crippen LogP contribution in [0.25, 0.3) is 16.3 Å². The fraction of sp³-hybridized carbons (Fsp3) is 0. The minimum absolute atomic E-state index is 0.0692. The van der Waals surface area contributed by atoms with Crippen molar-refractivity contribution in [3.05, 3.63) is 94.8 Å². The van der Waals surface area contributed by atoms with Crippen molar-refractivity contribution < 1.29 is 4.79 Å². The highest BCUT2D eigenvalue weighted by Crippen LogP contribution is 2.37. The fourth-order valence-electron chi connectivity index (χ4n) is 3.08. The number of thioether (sulfide) groups is 1. The third-order valence-electron chi connectivity index (χ3n) is 4.45. The van der Waals surface area contributed by atoms with Crippen LogP contribution in [0.15, 0.2) is 94.3 Å². The zero-order chi connectivity index (χ0) is 19.6. The van der Waals surface area contributed by atoms with Crippen LogP contribution in [-0.4, -0.2) is 16.1 Å². The Balaban J connectivity index is 1.57. The molecule has 140 valence electrons. The number of anilines is 1. The summed E-state index contributed by atoms with van der Waals surface area (Å²) < 4.78 is 1.10. The van der Waals surface area contributed by atoms with E-state index < -0.39 is 0 Å². The van der Waals surface area contributed by atoms with Crippen LogP contribution < -0.4 is 4.90 Å². The highest BCUT2D eigenvalue weighted by Gasteiger charge is 2.34. The Bertz CT molecular complexity index is 1250. The summed E-state index contributed by atoms with van der Waals surface area (Å²) in [5, 5.41) is 0.650. The average Bonchev–Trinajstić information content (AvgIpc) is 3.34. The second kappa shape index (κ2) is 7.66. The van der Waals surface area contributed by atoms with E-state index >= 15 is 0 Å². The number of amidine groups is 1. The van der Waals surface area contributed by atoms with Crippen LogP contribution in [-0.2, 0) is 4.79 Å². The van der Waals surface area contributed by atoms with Crippen LogP contribution in [0.1, 0.15) is 5.56 Å². The van der Waals surface area contributed by atoms with Gasteiger partial charge in [-0.3, -0.25) is 9.69 Å². The second-order valence-corrected chi connectivity index (χ2v) is 8.29. The van der Waals surface area contributed by atoms with E-state index in [1.807, 2.05) is 84.4 Å². The lowest BCUT2D eigenvalue weighted by atomic mass is 10.2. The van der Waals surface area contributed by atoms with E-state index in [2.05, 4.69) is 11.1 Å². The molecule has 1 saturated heterocycles. The van der Waals surface area contributed by atoms with E-state index in [1.165, 1.54) is 11.8 Å². The average molecular weight is 414 g/mol. The molecule has 6 heteroatoms. The van der Waals surface area contributed by atoms with Crippen molar-refractivity contribution in [2.24, 2.45) is 4.99 Å². The maximum Gasteiger partial charge on any atom is 0.271 e. The van der Waals surface area contributed by atoms with Gasteiger partial charge in [0.15, 0.2) is 5.17 Å². The van der Waals surface area contributed by atoms with Crippen molar-refractivity contribution >= 4 is 61.8 Å². The predicted molar refractivity (Wildman–Crippen MR) is 123 cm³/mol. The fourth-order valence-corrected chi connectivity index (χ4v) is 4.81. The summed E-state index contributed by atoms with van der Waals surface area (Å²) in [4.78, 5) is 24.6. The molecule has 0 bridgehead atoms. The van der Waals surface area contributed by atoms with E-state index in [4.69, 9.17) is 4.99 Å². The molecule has 4 nitrogen and oxygen atoms in total. The van der Waals surface area contributed by atoms with Crippen LogP contribution in [0.3, 0.4) is 0 Å². The topological polar surface area (TPSA) is 45.6 Å². The van der Waals surface area contributed by atoms with Crippen molar-refractivity contribution in [2.75, 3.05) is 4.90 Å². The Morgan fingerprint density at radius 2 is 1.69 bits per heavy atom. The molecule has 0 saturated carbocycles. The third kappa shape index (κ3) is 3.60. The Morgan fingerprint density at radius 1 is 0.931 bits per heavy atom. The van der Waals surface area contributed by atoms with Gasteiger partial charge in [-0.05, 0) is 59.8 Å². The Morgan fingerprint density at radius 3 is 2.48 bits per heavy atom. The second-order valence-electron chi connectivity index (χ2n) is 6.40. The molecule has 1 aliphatic heterocycles. The highest BCUT2D eigenvalue weighted by atomic mass is 32.2. The molecule has 4 aromatic rings. The number of fused-ring (bicyclic) bond motifs is 1. The van der Waals surface area contributed by atoms with Gasteiger partial charge < -0.3 is 0 Å². The molecule has 5 rings (SSSR count). The van der Waals surface area contributed by atoms with Crippen molar-refractivity contribution in [2.45, 2.75) is 0 Å². The van der Waals surface area contributed by atoms with Crippen molar-refractivity contribution in [3.8, 4) is 0 Å². The van der Waals surface area contributed by atoms with Gasteiger partial charge in [0.1, 0.15) is 0 Å². The molecule has 0 N–H and O–H groups in total. The largest absolute Gasteiger partial charge is 0.271 e. The van der Waals surface area contributed by atoms with E-state index in [0.29, 0.717) is 10.1 Å². The van der Waals surface area contributed by atoms with Crippen LogP contribution in [0, 0.1) is 0 Å². The molecule has 0 atom stereocenters. The van der Waals surface area contributed by atoms with Crippen molar-refractivity contribution in [1.82, 2.24) is 4.98 Å². The number of aliphatic imine (C=N–C) groups is 1. The molecular formula is C23H15N3OS2. The Labute approximate surface area is 176 Å². The number of hydrogen-bond donors (Lipinski definition) is 0. The van der Waals surface area contributed by atoms with Crippen LogP contribution in [0.4, 0.5) is 11.4 Å². The molecule has 1 amide bonds. The quantitative estimate of drug-likeness (QED) is 0.381. The lowest BCUT2D eigenvalue weighted by molar-refractivity contribution is -0.113. The maximum atomic E-state index is 13.3. The molecule has 1 fully saturated rings. The predicted octanol–water partition coefficient (Wildman–Crippen LogP) is 6.10. The van der Waals surface area contributed by atoms with Crippen LogP contribution in [0.2, 0.25) is 0 Å². The number of hydrogen-bond acceptors (Lipinski definition) is 5. The highest BCUT2D eigenvalue weighted by molar-refractivity contribution is 8.19. The van der Waals surface area contributed by atoms with E-state index in [-0.39, 0.29) is 5.91 Å². The summed E-state index contributed by atoms with van der Waals surface area (Å²) in [5.74, 6) is -0.0692. The summed E-state index contributed by atoms with van der Waals surface area (Å²) in [6.07, 6.45) is 1.93. The summed E-state index contributed by atoms with van der Waals surface area (Å²) in [6, 6.07) is 25.4. The van der Waals surface area contributed by atoms with E-state index in [1.54, 1.807) is 16.2 Å². The number of amides is 1. The number of carbonyl (C=O) groups is 1. The third-order valence-corrected chi connectivity index (χ3v) is 6.22. The molecule has 0 radical (unpaired) electrons. The molecule has 29 heavy (non-hydrogen) atoms. The number of nitrogens with zero attached hydrogens (tertiary/aromatic N) is 3. The summed E-state index contributed by atoms with van der Waals surface area (Å²) >= 11 is 2.99. The minimum atomic E-state index is -0.0692. The standard InChI is InChI=1S/C23H15N3OS2/c27-22-21(14-16-11-12-19-20(13-16)28-15-24-19)29-23(25-17-7-3-1-4-8-17)26(22)18-9-5-2-6-10-18/h1-15H. The van der Waals surface area contributed by atoms with Crippen LogP contribution >= 0.6 is 23.1 Å². The van der Waals surface area contributed by atoms with Gasteiger partial charge in [0.05, 0.1) is 32.0 Å². The SMILES string of the molecule is O=C1C(=Cc2ccc3ncsc3c2)SC(=Nc2ccccc2)N1c1ccccc1. The van der Waals surface area contributed by atoms with Crippen LogP contribution in [0.5, 0.6) is 0 Å². The van der Waals surface area contributed by atoms with Gasteiger partial charge in [0.25, 0.3) is 5.91 Å². The molecule has 3 aromatic carbocycles. The molecule has 2 heterocycles. The molecule has 1 aliphatic rings. The first-order valence-corrected chi connectivity index (χ1v) is 10.7. The molecule has 1 aromatic heterocycles. The molecule has 0 aliphatic carbocycles. The van der Waals surface area contributed by atoms with Gasteiger partial charge >= 0.3 is 0 Å². The van der Waals surface area contributed by atoms with Crippen molar-refractivity contribution in [3.63, 3.8) is 0 Å². The summed E-state index contributed by atoms with van der Waals surface area (Å²) in [6.45, 7) is 0. The van der Waals surface area contributed by atoms with Gasteiger partial charge in [0.2, 0.25) is 0 Å². The zero-order valence-electron chi connectivity index (χ0n) is 15.2. The number of thiazole rings is 1. The first kappa shape index (κ1) is 17.8. The number of benzene rings is 3. The van der Waals surface area contributed by atoms with Gasteiger partial charge in [-0.2, -0.15) is 0 Å². The minimum Gasteiger partial charge on any atom is -0.268 e. The lowest BCUT2D eigenvalue weighted by Crippen LogP contribution is -2.28. The monoisotopic (exact) mass is 413 g/mol. The molecular weight excluding hydrogens is 398 g/mol. The number of para-hydroxylation sites is 2. The van der Waals surface area contributed by atoms with Gasteiger partial charge in [-0.15, -0.1) is 11.3 Å². The number of rotatable bonds is 3. The van der Waals surface area contributed by atoms with Gasteiger partial charge in [0, 0.05) is 0 Å². The Kier molecular flexibility index (Phi) is 4.71.